The number of nitrogens with one attached hydrogen (secondary N) is 1. The van der Waals surface area contributed by atoms with Crippen LogP contribution in [-0.4, -0.2) is 11.6 Å². The predicted molar refractivity (Wildman–Crippen MR) is 42.2 cm³/mol. The molecule has 0 radical (unpaired) electrons. The molecule has 11 heavy (non-hydrogen) atoms. The maximum absolute atomic E-state index is 4.32. The van der Waals surface area contributed by atoms with Gasteiger partial charge in [0.05, 0.1) is 0 Å². The monoisotopic (exact) mass is 150 g/mol. The number of hydrogen-bond acceptors (Lipinski definition) is 2. The van der Waals surface area contributed by atoms with Gasteiger partial charge < -0.3 is 5.32 Å². The third-order valence-electron chi connectivity index (χ3n) is 1.97. The van der Waals surface area contributed by atoms with E-state index in [1.54, 1.807) is 0 Å². The largest absolute Gasteiger partial charge is 0.365 e. The second-order valence-electron chi connectivity index (χ2n) is 2.89. The van der Waals surface area contributed by atoms with Gasteiger partial charge in [-0.1, -0.05) is 4.68 Å². The average Bonchev–Trinajstić information content (AvgIpc) is 2.04. The van der Waals surface area contributed by atoms with Gasteiger partial charge in [0, 0.05) is 23.3 Å². The first kappa shape index (κ1) is 6.58. The molecule has 0 spiro atoms. The Balaban J connectivity index is 2.43. The Morgan fingerprint density at radius 2 is 2.55 bits per heavy atom. The molecule has 1 N–H and O–H groups in total. The molecular weight excluding hydrogens is 138 g/mol. The van der Waals surface area contributed by atoms with Crippen molar-refractivity contribution in [2.24, 2.45) is 7.05 Å². The van der Waals surface area contributed by atoms with Gasteiger partial charge in [-0.25, -0.2) is 0 Å². The van der Waals surface area contributed by atoms with Crippen molar-refractivity contribution in [1.82, 2.24) is 5.10 Å². The first-order valence-electron chi connectivity index (χ1n) is 3.96. The Morgan fingerprint density at radius 3 is 3.45 bits per heavy atom. The summed E-state index contributed by atoms with van der Waals surface area (Å²) in [6.07, 6.45) is 4.38. The number of rotatable bonds is 0. The minimum absolute atomic E-state index is 1.06. The van der Waals surface area contributed by atoms with Crippen LogP contribution in [0, 0.1) is 0 Å². The van der Waals surface area contributed by atoms with E-state index in [2.05, 4.69) is 16.5 Å². The van der Waals surface area contributed by atoms with Crippen molar-refractivity contribution in [2.75, 3.05) is 11.9 Å². The smallest absolute Gasteiger partial charge is 0.197 e. The zero-order valence-electron chi connectivity index (χ0n) is 6.67. The van der Waals surface area contributed by atoms with Gasteiger partial charge in [-0.05, 0) is 12.8 Å². The highest BCUT2D eigenvalue weighted by Gasteiger charge is 2.12. The molecule has 1 aliphatic rings. The van der Waals surface area contributed by atoms with E-state index in [-0.39, 0.29) is 0 Å². The van der Waals surface area contributed by atoms with Gasteiger partial charge in [-0.15, -0.1) is 0 Å². The van der Waals surface area contributed by atoms with Crippen molar-refractivity contribution >= 4 is 5.82 Å². The normalized spacial score (nSPS) is 15.4. The Hall–Kier alpha value is -1.12. The molecule has 1 aliphatic heterocycles. The maximum atomic E-state index is 4.32. The van der Waals surface area contributed by atoms with Crippen LogP contribution in [0.1, 0.15) is 12.0 Å². The SMILES string of the molecule is C[n+]1ccc2c(n1)NCCC2. The van der Waals surface area contributed by atoms with Crippen LogP contribution >= 0.6 is 0 Å². The molecule has 2 rings (SSSR count). The van der Waals surface area contributed by atoms with Crippen molar-refractivity contribution in [2.45, 2.75) is 12.8 Å². The Kier molecular flexibility index (Phi) is 1.49. The lowest BCUT2D eigenvalue weighted by Gasteiger charge is -2.13. The van der Waals surface area contributed by atoms with Gasteiger partial charge in [-0.3, -0.25) is 0 Å². The van der Waals surface area contributed by atoms with Crippen LogP contribution < -0.4 is 10.00 Å². The summed E-state index contributed by atoms with van der Waals surface area (Å²) in [7, 11) is 1.94. The summed E-state index contributed by atoms with van der Waals surface area (Å²) >= 11 is 0. The molecule has 0 fully saturated rings. The van der Waals surface area contributed by atoms with Crippen molar-refractivity contribution in [3.8, 4) is 0 Å². The lowest BCUT2D eigenvalue weighted by atomic mass is 10.1. The molecular formula is C8H12N3+. The highest BCUT2D eigenvalue weighted by molar-refractivity contribution is 5.43. The molecule has 58 valence electrons. The number of nitrogens with zero attached hydrogens (tertiary/aromatic N) is 2. The van der Waals surface area contributed by atoms with E-state index >= 15 is 0 Å². The Labute approximate surface area is 66.1 Å². The predicted octanol–water partition coefficient (Wildman–Crippen LogP) is 0.264. The van der Waals surface area contributed by atoms with Crippen LogP contribution in [0.2, 0.25) is 0 Å². The minimum Gasteiger partial charge on any atom is -0.365 e. The summed E-state index contributed by atoms with van der Waals surface area (Å²) in [5.74, 6) is 1.06. The number of aryl methyl sites for hydroxylation is 2. The van der Waals surface area contributed by atoms with Crippen LogP contribution in [0.15, 0.2) is 12.3 Å². The lowest BCUT2D eigenvalue weighted by Crippen LogP contribution is -2.34. The molecule has 0 saturated carbocycles. The third kappa shape index (κ3) is 1.18. The zero-order valence-corrected chi connectivity index (χ0v) is 6.67. The van der Waals surface area contributed by atoms with Gasteiger partial charge in [0.15, 0.2) is 19.1 Å². The molecule has 0 aliphatic carbocycles. The molecule has 0 amide bonds. The van der Waals surface area contributed by atoms with Gasteiger partial charge in [0.1, 0.15) is 0 Å². The Bertz CT molecular complexity index is 270. The summed E-state index contributed by atoms with van der Waals surface area (Å²) in [6, 6.07) is 2.13. The molecule has 0 unspecified atom stereocenters. The second kappa shape index (κ2) is 2.49. The molecule has 1 aromatic rings. The number of hydrogen-bond donors (Lipinski definition) is 1. The number of anilines is 1. The summed E-state index contributed by atoms with van der Waals surface area (Å²) in [5, 5.41) is 7.59. The van der Waals surface area contributed by atoms with Crippen LogP contribution in [0.25, 0.3) is 0 Å². The fraction of sp³-hybridized carbons (Fsp3) is 0.500. The molecule has 0 saturated heterocycles. The first-order valence-corrected chi connectivity index (χ1v) is 3.96. The van der Waals surface area contributed by atoms with E-state index in [0.717, 1.165) is 18.8 Å². The third-order valence-corrected chi connectivity index (χ3v) is 1.97. The van der Waals surface area contributed by atoms with E-state index in [4.69, 9.17) is 0 Å². The van der Waals surface area contributed by atoms with Gasteiger partial charge >= 0.3 is 0 Å². The van der Waals surface area contributed by atoms with Gasteiger partial charge in [-0.2, -0.15) is 0 Å². The van der Waals surface area contributed by atoms with E-state index in [1.165, 1.54) is 12.0 Å². The first-order chi connectivity index (χ1) is 5.36. The average molecular weight is 150 g/mol. The summed E-state index contributed by atoms with van der Waals surface area (Å²) < 4.78 is 1.83. The molecule has 0 atom stereocenters. The fourth-order valence-electron chi connectivity index (χ4n) is 1.37. The highest BCUT2D eigenvalue weighted by Crippen LogP contribution is 2.15. The Morgan fingerprint density at radius 1 is 1.64 bits per heavy atom. The summed E-state index contributed by atoms with van der Waals surface area (Å²) in [6.45, 7) is 1.06. The summed E-state index contributed by atoms with van der Waals surface area (Å²) in [4.78, 5) is 0. The topological polar surface area (TPSA) is 28.8 Å². The van der Waals surface area contributed by atoms with Crippen molar-refractivity contribution in [1.29, 1.82) is 0 Å². The molecule has 2 heterocycles. The number of fused-ring (bicyclic) bond motifs is 1. The molecule has 3 nitrogen and oxygen atoms in total. The van der Waals surface area contributed by atoms with E-state index < -0.39 is 0 Å². The van der Waals surface area contributed by atoms with E-state index in [9.17, 15) is 0 Å². The summed E-state index contributed by atoms with van der Waals surface area (Å²) in [5.41, 5.74) is 1.34. The van der Waals surface area contributed by atoms with Gasteiger partial charge in [0.2, 0.25) is 0 Å². The molecule has 1 aromatic heterocycles. The van der Waals surface area contributed by atoms with Crippen LogP contribution in [-0.2, 0) is 13.5 Å². The van der Waals surface area contributed by atoms with Crippen LogP contribution in [0.3, 0.4) is 0 Å². The van der Waals surface area contributed by atoms with Gasteiger partial charge in [0.25, 0.3) is 0 Å². The molecule has 0 aromatic carbocycles. The standard InChI is InChI=1S/C8H12N3/c1-11-6-4-7-3-2-5-9-8(7)10-11/h4,6H,2-3,5H2,1H3,(H,9,10)/q+1. The lowest BCUT2D eigenvalue weighted by molar-refractivity contribution is -0.729. The van der Waals surface area contributed by atoms with Crippen molar-refractivity contribution < 1.29 is 4.68 Å². The van der Waals surface area contributed by atoms with E-state index in [1.807, 2.05) is 17.9 Å². The van der Waals surface area contributed by atoms with Crippen LogP contribution in [0.4, 0.5) is 5.82 Å². The zero-order chi connectivity index (χ0) is 7.68. The van der Waals surface area contributed by atoms with Crippen LogP contribution in [0.5, 0.6) is 0 Å². The number of aromatic nitrogens is 2. The van der Waals surface area contributed by atoms with E-state index in [0.29, 0.717) is 0 Å². The molecule has 0 bridgehead atoms. The quantitative estimate of drug-likeness (QED) is 0.538. The van der Waals surface area contributed by atoms with Crippen molar-refractivity contribution in [3.63, 3.8) is 0 Å². The molecule has 3 heteroatoms. The minimum atomic E-state index is 1.06. The van der Waals surface area contributed by atoms with Crippen molar-refractivity contribution in [3.05, 3.63) is 17.8 Å². The maximum Gasteiger partial charge on any atom is 0.197 e. The second-order valence-corrected chi connectivity index (χ2v) is 2.89. The highest BCUT2D eigenvalue weighted by atomic mass is 15.3. The fourth-order valence-corrected chi connectivity index (χ4v) is 1.37.